The minimum atomic E-state index is -2.96. The largest absolute Gasteiger partial charge is 0.698 e. The van der Waals surface area contributed by atoms with Crippen LogP contribution < -0.4 is 5.32 Å². The number of fused-ring (bicyclic) bond motifs is 5. The maximum absolute atomic E-state index is 11.4. The van der Waals surface area contributed by atoms with Gasteiger partial charge in [-0.2, -0.15) is 0 Å². The van der Waals surface area contributed by atoms with Crippen LogP contribution in [0.5, 0.6) is 0 Å². The molecular weight excluding hydrogens is 2650 g/mol. The van der Waals surface area contributed by atoms with Crippen molar-refractivity contribution in [2.75, 3.05) is 56.1 Å². The van der Waals surface area contributed by atoms with E-state index in [-0.39, 0.29) is 212 Å². The first-order chi connectivity index (χ1) is 43.9. The zero-order valence-electron chi connectivity index (χ0n) is 53.9. The van der Waals surface area contributed by atoms with E-state index in [1.807, 2.05) is 109 Å². The Balaban J connectivity index is 0.00000123. The molecule has 0 atom stereocenters. The zero-order valence-corrected chi connectivity index (χ0v) is 81.9. The van der Waals surface area contributed by atoms with E-state index in [0.717, 1.165) is 87.2 Å². The first kappa shape index (κ1) is 96.9. The number of hydrogen-bond acceptors (Lipinski definition) is 17. The number of carbonyl (C=O) groups excluding carboxylic acids is 1. The predicted molar refractivity (Wildman–Crippen MR) is 411 cm³/mol. The molecule has 12 rings (SSSR count). The molecule has 0 spiro atoms. The summed E-state index contributed by atoms with van der Waals surface area (Å²) in [6, 6.07) is 36.8. The molecule has 0 unspecified atom stereocenters. The Bertz CT molecular complexity index is 4860. The monoisotopic (exact) mass is 2720 g/mol. The van der Waals surface area contributed by atoms with Crippen molar-refractivity contribution < 1.29 is 182 Å². The summed E-state index contributed by atoms with van der Waals surface area (Å²) in [5.41, 5.74) is 51.7. The third-order valence-corrected chi connectivity index (χ3v) is 17.9. The van der Waals surface area contributed by atoms with Crippen molar-refractivity contribution in [2.45, 2.75) is 41.8 Å². The molecule has 0 aliphatic carbocycles. The van der Waals surface area contributed by atoms with Crippen molar-refractivity contribution in [3.63, 3.8) is 0 Å². The van der Waals surface area contributed by atoms with Crippen molar-refractivity contribution >= 4 is 177 Å². The van der Waals surface area contributed by atoms with E-state index in [9.17, 15) is 21.6 Å². The second-order valence-electron chi connectivity index (χ2n) is 21.1. The second-order valence-corrected chi connectivity index (χ2v) is 28.0. The normalized spacial score (nSPS) is 10.3. The number of nitrogens with zero attached hydrogens (tertiary/aromatic N) is 8. The number of thiazole rings is 2. The number of carbonyl (C=O) groups is 1. The van der Waals surface area contributed by atoms with Crippen molar-refractivity contribution in [3.8, 4) is 22.5 Å². The smallest absolute Gasteiger partial charge is 0.173 e. The van der Waals surface area contributed by atoms with Crippen LogP contribution in [0.1, 0.15) is 53.3 Å². The van der Waals surface area contributed by atoms with Crippen LogP contribution in [0.3, 0.4) is 0 Å². The predicted octanol–water partition coefficient (Wildman–Crippen LogP) is 19.2. The van der Waals surface area contributed by atoms with E-state index >= 15 is 0 Å². The number of nitrogens with one attached hydrogen (secondary N) is 6. The molecule has 0 aliphatic rings. The molecule has 100 heavy (non-hydrogen) atoms. The molecule has 12 aromatic rings. The summed E-state index contributed by atoms with van der Waals surface area (Å²) in [6.07, 6.45) is 10.6. The van der Waals surface area contributed by atoms with Crippen molar-refractivity contribution in [3.05, 3.63) is 225 Å². The number of rotatable bonds is 17. The molecule has 7 aromatic heterocycles. The summed E-state index contributed by atoms with van der Waals surface area (Å²) in [5, 5.41) is 13.2. The van der Waals surface area contributed by atoms with E-state index in [2.05, 4.69) is 62.7 Å². The van der Waals surface area contributed by atoms with Gasteiger partial charge in [-0.25, -0.2) is 26.8 Å². The van der Waals surface area contributed by atoms with Gasteiger partial charge in [0, 0.05) is 252 Å². The van der Waals surface area contributed by atoms with Crippen molar-refractivity contribution in [1.82, 2.24) is 45.1 Å². The average Bonchev–Trinajstić information content (AvgIpc) is 1.14. The van der Waals surface area contributed by atoms with Crippen LogP contribution in [0.4, 0.5) is 28.4 Å². The third-order valence-electron chi connectivity index (χ3n) is 13.8. The Morgan fingerprint density at radius 3 is 1.34 bits per heavy atom. The summed E-state index contributed by atoms with van der Waals surface area (Å²) in [7, 11) is -4.01. The molecule has 0 saturated carbocycles. The minimum absolute atomic E-state index is 0. The van der Waals surface area contributed by atoms with Gasteiger partial charge in [0.05, 0.1) is 69.0 Å². The number of alkyl halides is 1. The van der Waals surface area contributed by atoms with E-state index in [0.29, 0.717) is 83.3 Å². The molecule has 520 valence electrons. The van der Waals surface area contributed by atoms with Crippen LogP contribution in [-0.2, 0) is 37.5 Å². The maximum Gasteiger partial charge on any atom is 0.173 e. The molecule has 0 bridgehead atoms. The molecule has 6 N–H and O–H groups in total. The molecule has 31 heteroatoms. The molecule has 5 aromatic carbocycles. The number of Topliss-reactive ketones (excluding diaryl/α,β-unsaturated/α-hetero) is 1. The molecule has 20 nitrogen and oxygen atoms in total. The molecule has 0 fully saturated rings. The minimum Gasteiger partial charge on any atom is -0.698 e. The topological polar surface area (TPSA) is 319 Å². The van der Waals surface area contributed by atoms with Crippen LogP contribution >= 0.6 is 62.6 Å². The molecular formula is C69H75BrIN14O6S4U5-5. The van der Waals surface area contributed by atoms with Gasteiger partial charge in [-0.3, -0.25) is 34.6 Å². The van der Waals surface area contributed by atoms with Gasteiger partial charge in [0.2, 0.25) is 0 Å². The summed E-state index contributed by atoms with van der Waals surface area (Å²) < 4.78 is 50.0. The first-order valence-corrected chi connectivity index (χ1v) is 35.5. The number of aryl methyl sites for hydroxylation is 1. The number of ketones is 1. The van der Waals surface area contributed by atoms with Crippen LogP contribution in [0.25, 0.3) is 111 Å². The van der Waals surface area contributed by atoms with Gasteiger partial charge >= 0.3 is 0 Å². The fourth-order valence-corrected chi connectivity index (χ4v) is 12.1. The fourth-order valence-electron chi connectivity index (χ4n) is 8.97. The zero-order chi connectivity index (χ0) is 66.1. The second kappa shape index (κ2) is 46.8. The molecule has 0 radical (unpaired) electrons. The van der Waals surface area contributed by atoms with Gasteiger partial charge in [0.25, 0.3) is 0 Å². The molecule has 7 heterocycles. The van der Waals surface area contributed by atoms with Gasteiger partial charge in [0.1, 0.15) is 35.4 Å². The van der Waals surface area contributed by atoms with Gasteiger partial charge in [0.15, 0.2) is 5.78 Å². The average molecular weight is 2720 g/mol. The van der Waals surface area contributed by atoms with Crippen molar-refractivity contribution in [2.24, 2.45) is 0 Å². The van der Waals surface area contributed by atoms with Gasteiger partial charge in [-0.15, -0.1) is 75.1 Å². The molecule has 0 amide bonds. The third kappa shape index (κ3) is 29.3. The van der Waals surface area contributed by atoms with Crippen LogP contribution in [0.2, 0.25) is 0 Å². The molecule has 0 saturated heterocycles. The van der Waals surface area contributed by atoms with Gasteiger partial charge in [-0.05, 0) is 115 Å². The Hall–Kier alpha value is -3.09. The summed E-state index contributed by atoms with van der Waals surface area (Å²) in [6.45, 7) is 10.4. The number of ether oxygens (including phenoxy) is 1. The van der Waals surface area contributed by atoms with E-state index in [1.165, 1.54) is 29.4 Å². The van der Waals surface area contributed by atoms with Gasteiger partial charge in [-0.1, -0.05) is 97.5 Å². The molecule has 0 aliphatic heterocycles. The van der Waals surface area contributed by atoms with E-state index in [1.54, 1.807) is 90.9 Å². The van der Waals surface area contributed by atoms with E-state index < -0.39 is 19.7 Å². The van der Waals surface area contributed by atoms with Crippen LogP contribution in [0.15, 0.2) is 170 Å². The first-order valence-electron chi connectivity index (χ1n) is 28.5. The summed E-state index contributed by atoms with van der Waals surface area (Å²) in [4.78, 5) is 43.6. The fraction of sp³-hybridized carbons (Fsp3) is 0.217. The Morgan fingerprint density at radius 1 is 0.550 bits per heavy atom. The van der Waals surface area contributed by atoms with Crippen LogP contribution in [0, 0.1) is 162 Å². The Morgan fingerprint density at radius 2 is 0.920 bits per heavy atom. The van der Waals surface area contributed by atoms with Gasteiger partial charge < -0.3 is 38.7 Å². The number of benzene rings is 5. The maximum atomic E-state index is 11.4. The quantitative estimate of drug-likeness (QED) is 0.0291. The summed E-state index contributed by atoms with van der Waals surface area (Å²) >= 11 is 6.20. The summed E-state index contributed by atoms with van der Waals surface area (Å²) in [5.74, 6) is 0.911. The number of pyridine rings is 5. The Labute approximate surface area is 738 Å². The standard InChI is InChI=1S/C17H19N4O2S2.C16H17N4O2S2.C13H13N2O.C11H9BrN2O.C10H9N2.2CH4.HI.5U/c1-21(7-8-25(2,22)23)10-17-20-16(11-24-17)12-3-4-15-13(9-12)14(18)5-6-19-15;1-24(21,22)7-6-18-9-16-20-15(10-23-16)11-2-3-14-12(8-11)13(17)4-5-19-14;1-3-16-9(2)10-4-5-13-11(8-10)12(14)6-7-15-13;12-6-11(15)7-1-2-10-8(5-7)9(13)3-4-14-10;1-7-2-3-10-8(6-7)9(11)4-5-12-10;;;;;;;;/h3-6,9,11H,7-8,10H2,1-2H3,(H-,18,19);2-5,8,10,18H,6-7,9H2,1H3,(H-,17,19);4-8H,2-3H2,1H3,(H-,14,15);1-5H,6H2,(H2,13,14,15);2-6H,1H3,(H-,11,12);2*1H4;1H;;;;;/q3*-1;;-1;;;;;;;;/p-1. The number of sulfone groups is 2. The van der Waals surface area contributed by atoms with Crippen molar-refractivity contribution in [1.29, 1.82) is 0 Å². The Kier molecular flexibility index (Phi) is 45.3. The number of aromatic nitrogens is 7. The number of halogens is 2. The van der Waals surface area contributed by atoms with Crippen LogP contribution in [-0.4, -0.2) is 118 Å². The number of hydrogen-bond donors (Lipinski definition) is 1. The van der Waals surface area contributed by atoms with E-state index in [4.69, 9.17) is 33.4 Å². The SMILES string of the molecule is C.C.C=C(OCC)c1ccc2nccc([NH-])c2c1.CN(CCS(C)(=O)=O)Cc1nc(-c2ccc3nccc([NH-])c3c2)cs1.CS(=O)(=O)CCNCc1nc(-c2ccc3nccc([NH-])c3c2)cs1.Cc1ccc2nccc([NH-])c2c1.I.[NH-]c1ccnc2ccc(C(=O)CBr)cc12.[U].[U].[U].[U].[U].